The first kappa shape index (κ1) is 8.59. The maximum atomic E-state index is 10.9. The fourth-order valence-corrected chi connectivity index (χ4v) is 0.798. The van der Waals surface area contributed by atoms with Crippen LogP contribution in [0.3, 0.4) is 0 Å². The lowest BCUT2D eigenvalue weighted by molar-refractivity contribution is -0.116. The van der Waals surface area contributed by atoms with Gasteiger partial charge in [-0.2, -0.15) is 0 Å². The number of allylic oxidation sites excluding steroid dienone is 1. The molecule has 0 saturated carbocycles. The molecular weight excluding hydrogens is 154 g/mol. The van der Waals surface area contributed by atoms with Crippen molar-refractivity contribution in [3.8, 4) is 0 Å². The summed E-state index contributed by atoms with van der Waals surface area (Å²) in [6.07, 6.45) is 4.75. The van der Waals surface area contributed by atoms with Crippen LogP contribution in [0.5, 0.6) is 0 Å². The standard InChI is InChI=1S/C9H11NO2/c1-2-4-9(11)10-7-8-5-3-6-12-8/h2-6H,7H2,1H3,(H,10,11)/b4-2+. The maximum Gasteiger partial charge on any atom is 0.244 e. The van der Waals surface area contributed by atoms with Crippen LogP contribution in [0.4, 0.5) is 0 Å². The first-order valence-corrected chi connectivity index (χ1v) is 3.76. The molecule has 0 aromatic carbocycles. The van der Waals surface area contributed by atoms with Crippen molar-refractivity contribution >= 4 is 5.91 Å². The molecule has 3 nitrogen and oxygen atoms in total. The van der Waals surface area contributed by atoms with E-state index in [9.17, 15) is 4.79 Å². The van der Waals surface area contributed by atoms with Gasteiger partial charge in [0.25, 0.3) is 0 Å². The SMILES string of the molecule is C/C=C/C(=O)NCc1ccco1. The lowest BCUT2D eigenvalue weighted by Gasteiger charge is -1.96. The van der Waals surface area contributed by atoms with Gasteiger partial charge >= 0.3 is 0 Å². The van der Waals surface area contributed by atoms with Crippen LogP contribution >= 0.6 is 0 Å². The van der Waals surface area contributed by atoms with Gasteiger partial charge in [0.05, 0.1) is 12.8 Å². The molecule has 0 fully saturated rings. The lowest BCUT2D eigenvalue weighted by atomic mass is 10.4. The van der Waals surface area contributed by atoms with Crippen molar-refractivity contribution < 1.29 is 9.21 Å². The summed E-state index contributed by atoms with van der Waals surface area (Å²) in [5.74, 6) is 0.654. The van der Waals surface area contributed by atoms with E-state index in [4.69, 9.17) is 4.42 Å². The highest BCUT2D eigenvalue weighted by Crippen LogP contribution is 1.97. The van der Waals surface area contributed by atoms with Crippen molar-refractivity contribution in [2.75, 3.05) is 0 Å². The van der Waals surface area contributed by atoms with E-state index in [1.807, 2.05) is 6.07 Å². The van der Waals surface area contributed by atoms with Gasteiger partial charge in [-0.3, -0.25) is 4.79 Å². The average Bonchev–Trinajstić information content (AvgIpc) is 2.53. The molecule has 0 unspecified atom stereocenters. The zero-order valence-corrected chi connectivity index (χ0v) is 6.91. The summed E-state index contributed by atoms with van der Waals surface area (Å²) in [5.41, 5.74) is 0. The third-order valence-corrected chi connectivity index (χ3v) is 1.33. The number of nitrogens with one attached hydrogen (secondary N) is 1. The summed E-state index contributed by atoms with van der Waals surface area (Å²) in [6.45, 7) is 2.24. The Kier molecular flexibility index (Phi) is 3.14. The minimum atomic E-state index is -0.103. The van der Waals surface area contributed by atoms with Crippen LogP contribution in [-0.4, -0.2) is 5.91 Å². The van der Waals surface area contributed by atoms with Crippen LogP contribution in [-0.2, 0) is 11.3 Å². The highest BCUT2D eigenvalue weighted by Gasteiger charge is 1.96. The fourth-order valence-electron chi connectivity index (χ4n) is 0.798. The summed E-state index contributed by atoms with van der Waals surface area (Å²) in [7, 11) is 0. The topological polar surface area (TPSA) is 42.2 Å². The smallest absolute Gasteiger partial charge is 0.244 e. The van der Waals surface area contributed by atoms with E-state index < -0.39 is 0 Å². The first-order valence-electron chi connectivity index (χ1n) is 3.76. The minimum Gasteiger partial charge on any atom is -0.467 e. The lowest BCUT2D eigenvalue weighted by Crippen LogP contribution is -2.19. The number of rotatable bonds is 3. The molecule has 1 aromatic heterocycles. The van der Waals surface area contributed by atoms with Gasteiger partial charge in [0, 0.05) is 0 Å². The third kappa shape index (κ3) is 2.62. The molecule has 0 radical (unpaired) electrons. The highest BCUT2D eigenvalue weighted by atomic mass is 16.3. The fraction of sp³-hybridized carbons (Fsp3) is 0.222. The molecule has 0 bridgehead atoms. The molecule has 0 aliphatic carbocycles. The van der Waals surface area contributed by atoms with E-state index >= 15 is 0 Å². The van der Waals surface area contributed by atoms with Crippen LogP contribution in [0.25, 0.3) is 0 Å². The van der Waals surface area contributed by atoms with Crippen molar-refractivity contribution in [2.24, 2.45) is 0 Å². The third-order valence-electron chi connectivity index (χ3n) is 1.33. The molecule has 64 valence electrons. The van der Waals surface area contributed by atoms with Gasteiger partial charge in [-0.1, -0.05) is 6.08 Å². The second-order valence-electron chi connectivity index (χ2n) is 2.30. The summed E-state index contributed by atoms with van der Waals surface area (Å²) < 4.78 is 5.02. The molecule has 1 heterocycles. The van der Waals surface area contributed by atoms with Crippen molar-refractivity contribution in [3.63, 3.8) is 0 Å². The predicted octanol–water partition coefficient (Wildman–Crippen LogP) is 1.47. The largest absolute Gasteiger partial charge is 0.467 e. The maximum absolute atomic E-state index is 10.9. The quantitative estimate of drug-likeness (QED) is 0.689. The number of hydrogen-bond donors (Lipinski definition) is 1. The molecule has 0 aliphatic rings. The van der Waals surface area contributed by atoms with Gasteiger partial charge in [0.1, 0.15) is 5.76 Å². The first-order chi connectivity index (χ1) is 5.83. The van der Waals surface area contributed by atoms with Crippen molar-refractivity contribution in [2.45, 2.75) is 13.5 Å². The van der Waals surface area contributed by atoms with Gasteiger partial charge in [0.2, 0.25) is 5.91 Å². The summed E-state index contributed by atoms with van der Waals surface area (Å²) >= 11 is 0. The van der Waals surface area contributed by atoms with Gasteiger partial charge in [0.15, 0.2) is 0 Å². The molecule has 12 heavy (non-hydrogen) atoms. The zero-order valence-electron chi connectivity index (χ0n) is 6.91. The Hall–Kier alpha value is -1.51. The second kappa shape index (κ2) is 4.38. The molecule has 0 aliphatic heterocycles. The Morgan fingerprint density at radius 2 is 2.58 bits per heavy atom. The molecule has 3 heteroatoms. The van der Waals surface area contributed by atoms with Crippen LogP contribution in [0, 0.1) is 0 Å². The average molecular weight is 165 g/mol. The van der Waals surface area contributed by atoms with Crippen molar-refractivity contribution in [3.05, 3.63) is 36.3 Å². The van der Waals surface area contributed by atoms with Crippen molar-refractivity contribution in [1.29, 1.82) is 0 Å². The van der Waals surface area contributed by atoms with Gasteiger partial charge in [-0.15, -0.1) is 0 Å². The molecular formula is C9H11NO2. The predicted molar refractivity (Wildman–Crippen MR) is 45.4 cm³/mol. The Bertz CT molecular complexity index is 262. The molecule has 1 N–H and O–H groups in total. The Morgan fingerprint density at radius 3 is 3.17 bits per heavy atom. The van der Waals surface area contributed by atoms with Crippen LogP contribution < -0.4 is 5.32 Å². The Morgan fingerprint density at radius 1 is 1.75 bits per heavy atom. The Labute approximate surface area is 71.1 Å². The monoisotopic (exact) mass is 165 g/mol. The summed E-state index contributed by atoms with van der Waals surface area (Å²) in [5, 5.41) is 2.67. The normalized spacial score (nSPS) is 10.4. The number of carbonyl (C=O) groups is 1. The van der Waals surface area contributed by atoms with Crippen molar-refractivity contribution in [1.82, 2.24) is 5.32 Å². The second-order valence-corrected chi connectivity index (χ2v) is 2.30. The molecule has 0 spiro atoms. The van der Waals surface area contributed by atoms with E-state index in [2.05, 4.69) is 5.32 Å². The summed E-state index contributed by atoms with van der Waals surface area (Å²) in [6, 6.07) is 3.60. The molecule has 1 amide bonds. The number of hydrogen-bond acceptors (Lipinski definition) is 2. The molecule has 0 atom stereocenters. The van der Waals surface area contributed by atoms with E-state index in [-0.39, 0.29) is 5.91 Å². The Balaban J connectivity index is 2.31. The van der Waals surface area contributed by atoms with E-state index in [0.29, 0.717) is 6.54 Å². The molecule has 0 saturated heterocycles. The molecule has 1 aromatic rings. The number of carbonyl (C=O) groups excluding carboxylic acids is 1. The molecule has 1 rings (SSSR count). The van der Waals surface area contributed by atoms with Crippen LogP contribution in [0.15, 0.2) is 35.0 Å². The van der Waals surface area contributed by atoms with E-state index in [1.54, 1.807) is 25.3 Å². The number of furan rings is 1. The van der Waals surface area contributed by atoms with E-state index in [1.165, 1.54) is 6.08 Å². The highest BCUT2D eigenvalue weighted by molar-refractivity contribution is 5.87. The minimum absolute atomic E-state index is 0.103. The van der Waals surface area contributed by atoms with Gasteiger partial charge < -0.3 is 9.73 Å². The summed E-state index contributed by atoms with van der Waals surface area (Å²) in [4.78, 5) is 10.9. The number of amides is 1. The van der Waals surface area contributed by atoms with Crippen LogP contribution in [0.2, 0.25) is 0 Å². The van der Waals surface area contributed by atoms with E-state index in [0.717, 1.165) is 5.76 Å². The van der Waals surface area contributed by atoms with Crippen LogP contribution in [0.1, 0.15) is 12.7 Å². The van der Waals surface area contributed by atoms with Gasteiger partial charge in [-0.05, 0) is 25.1 Å². The van der Waals surface area contributed by atoms with Gasteiger partial charge in [-0.25, -0.2) is 0 Å². The zero-order chi connectivity index (χ0) is 8.81.